The summed E-state index contributed by atoms with van der Waals surface area (Å²) in [5.41, 5.74) is 0.525. The predicted molar refractivity (Wildman–Crippen MR) is 76.6 cm³/mol. The van der Waals surface area contributed by atoms with Crippen LogP contribution in [0.4, 0.5) is 4.39 Å². The Bertz CT molecular complexity index is 589. The lowest BCUT2D eigenvalue weighted by molar-refractivity contribution is 0.0943. The molecule has 0 aliphatic heterocycles. The molecule has 0 saturated heterocycles. The standard InChI is InChI=1S/C14H12BrFOS/c1-8(2)14(17)13-6-5-12(18-13)10-7-9(15)3-4-11(10)16/h3-8H,1-2H3. The van der Waals surface area contributed by atoms with E-state index in [-0.39, 0.29) is 17.5 Å². The van der Waals surface area contributed by atoms with Crippen LogP contribution >= 0.6 is 27.3 Å². The molecular weight excluding hydrogens is 315 g/mol. The van der Waals surface area contributed by atoms with Crippen LogP contribution in [0.5, 0.6) is 0 Å². The van der Waals surface area contributed by atoms with Gasteiger partial charge in [-0.2, -0.15) is 0 Å². The Balaban J connectivity index is 2.41. The summed E-state index contributed by atoms with van der Waals surface area (Å²) in [4.78, 5) is 13.3. The second-order valence-electron chi connectivity index (χ2n) is 4.31. The van der Waals surface area contributed by atoms with E-state index in [0.717, 1.165) is 9.35 Å². The van der Waals surface area contributed by atoms with Gasteiger partial charge >= 0.3 is 0 Å². The number of ketones is 1. The number of carbonyl (C=O) groups excluding carboxylic acids is 1. The molecule has 2 aromatic rings. The zero-order valence-corrected chi connectivity index (χ0v) is 12.4. The monoisotopic (exact) mass is 326 g/mol. The van der Waals surface area contributed by atoms with Crippen molar-refractivity contribution in [3.05, 3.63) is 45.5 Å². The molecule has 0 amide bonds. The Morgan fingerprint density at radius 3 is 2.67 bits per heavy atom. The normalized spacial score (nSPS) is 10.9. The number of hydrogen-bond acceptors (Lipinski definition) is 2. The quantitative estimate of drug-likeness (QED) is 0.712. The van der Waals surface area contributed by atoms with Crippen LogP contribution in [-0.4, -0.2) is 5.78 Å². The number of carbonyl (C=O) groups is 1. The van der Waals surface area contributed by atoms with Crippen molar-refractivity contribution in [3.63, 3.8) is 0 Å². The Labute approximate surface area is 118 Å². The van der Waals surface area contributed by atoms with Crippen LogP contribution in [0.2, 0.25) is 0 Å². The minimum absolute atomic E-state index is 0.0381. The van der Waals surface area contributed by atoms with Crippen molar-refractivity contribution in [3.8, 4) is 10.4 Å². The van der Waals surface area contributed by atoms with Gasteiger partial charge < -0.3 is 0 Å². The maximum Gasteiger partial charge on any atom is 0.175 e. The van der Waals surface area contributed by atoms with Gasteiger partial charge in [0.05, 0.1) is 4.88 Å². The van der Waals surface area contributed by atoms with E-state index >= 15 is 0 Å². The van der Waals surface area contributed by atoms with Crippen molar-refractivity contribution in [1.29, 1.82) is 0 Å². The highest BCUT2D eigenvalue weighted by Gasteiger charge is 2.15. The van der Waals surface area contributed by atoms with E-state index in [0.29, 0.717) is 10.4 Å². The SMILES string of the molecule is CC(C)C(=O)c1ccc(-c2cc(Br)ccc2F)s1. The molecule has 0 spiro atoms. The molecule has 18 heavy (non-hydrogen) atoms. The maximum absolute atomic E-state index is 13.7. The smallest absolute Gasteiger partial charge is 0.175 e. The van der Waals surface area contributed by atoms with E-state index < -0.39 is 0 Å². The predicted octanol–water partition coefficient (Wildman–Crippen LogP) is 5.16. The van der Waals surface area contributed by atoms with Gasteiger partial charge in [-0.05, 0) is 30.3 Å². The molecule has 4 heteroatoms. The fourth-order valence-electron chi connectivity index (χ4n) is 1.59. The van der Waals surface area contributed by atoms with Crippen LogP contribution in [0.3, 0.4) is 0 Å². The molecule has 0 fully saturated rings. The molecule has 0 N–H and O–H groups in total. The van der Waals surface area contributed by atoms with Gasteiger partial charge in [-0.25, -0.2) is 4.39 Å². The average molecular weight is 327 g/mol. The Hall–Kier alpha value is -1.00. The summed E-state index contributed by atoms with van der Waals surface area (Å²) >= 11 is 4.66. The molecule has 1 aromatic heterocycles. The van der Waals surface area contributed by atoms with Crippen LogP contribution in [0, 0.1) is 11.7 Å². The first-order valence-electron chi connectivity index (χ1n) is 5.58. The third-order valence-corrected chi connectivity index (χ3v) is 4.19. The van der Waals surface area contributed by atoms with Crippen molar-refractivity contribution in [2.75, 3.05) is 0 Å². The van der Waals surface area contributed by atoms with Gasteiger partial charge in [0, 0.05) is 20.8 Å². The highest BCUT2D eigenvalue weighted by Crippen LogP contribution is 2.32. The van der Waals surface area contributed by atoms with Crippen LogP contribution in [-0.2, 0) is 0 Å². The summed E-state index contributed by atoms with van der Waals surface area (Å²) in [6.07, 6.45) is 0. The van der Waals surface area contributed by atoms with E-state index in [9.17, 15) is 9.18 Å². The first-order valence-corrected chi connectivity index (χ1v) is 7.19. The van der Waals surface area contributed by atoms with Crippen molar-refractivity contribution in [2.45, 2.75) is 13.8 Å². The zero-order valence-electron chi connectivity index (χ0n) is 10.0. The van der Waals surface area contributed by atoms with Gasteiger partial charge in [0.15, 0.2) is 5.78 Å². The van der Waals surface area contributed by atoms with Crippen molar-refractivity contribution >= 4 is 33.0 Å². The molecule has 0 aliphatic rings. The number of rotatable bonds is 3. The zero-order chi connectivity index (χ0) is 13.3. The van der Waals surface area contributed by atoms with Crippen molar-refractivity contribution in [2.24, 2.45) is 5.92 Å². The molecule has 1 aromatic carbocycles. The molecule has 0 aliphatic carbocycles. The van der Waals surface area contributed by atoms with Crippen molar-refractivity contribution < 1.29 is 9.18 Å². The summed E-state index contributed by atoms with van der Waals surface area (Å²) in [6, 6.07) is 8.37. The fourth-order valence-corrected chi connectivity index (χ4v) is 3.06. The van der Waals surface area contributed by atoms with Crippen molar-refractivity contribution in [1.82, 2.24) is 0 Å². The molecule has 0 atom stereocenters. The average Bonchev–Trinajstić information content (AvgIpc) is 2.80. The lowest BCUT2D eigenvalue weighted by atomic mass is 10.1. The molecule has 1 nitrogen and oxygen atoms in total. The molecular formula is C14H12BrFOS. The van der Waals surface area contributed by atoms with Crippen LogP contribution in [0.1, 0.15) is 23.5 Å². The Morgan fingerprint density at radius 2 is 2.00 bits per heavy atom. The lowest BCUT2D eigenvalue weighted by Gasteiger charge is -2.01. The van der Waals surface area contributed by atoms with Gasteiger partial charge in [0.1, 0.15) is 5.82 Å². The van der Waals surface area contributed by atoms with E-state index in [1.165, 1.54) is 17.4 Å². The topological polar surface area (TPSA) is 17.1 Å². The summed E-state index contributed by atoms with van der Waals surface area (Å²) in [5, 5.41) is 0. The maximum atomic E-state index is 13.7. The number of benzene rings is 1. The van der Waals surface area contributed by atoms with Crippen LogP contribution < -0.4 is 0 Å². The minimum atomic E-state index is -0.274. The molecule has 1 heterocycles. The highest BCUT2D eigenvalue weighted by molar-refractivity contribution is 9.10. The minimum Gasteiger partial charge on any atom is -0.293 e. The van der Waals surface area contributed by atoms with E-state index in [1.54, 1.807) is 24.3 Å². The molecule has 94 valence electrons. The first-order chi connectivity index (χ1) is 8.49. The summed E-state index contributed by atoms with van der Waals surface area (Å²) in [5.74, 6) is -0.214. The molecule has 0 unspecified atom stereocenters. The van der Waals surface area contributed by atoms with Crippen LogP contribution in [0.15, 0.2) is 34.8 Å². The van der Waals surface area contributed by atoms with E-state index in [2.05, 4.69) is 15.9 Å². The van der Waals surface area contributed by atoms with Gasteiger partial charge in [-0.3, -0.25) is 4.79 Å². The number of halogens is 2. The highest BCUT2D eigenvalue weighted by atomic mass is 79.9. The third-order valence-electron chi connectivity index (χ3n) is 2.57. The largest absolute Gasteiger partial charge is 0.293 e. The van der Waals surface area contributed by atoms with Gasteiger partial charge in [0.25, 0.3) is 0 Å². The molecule has 2 rings (SSSR count). The second-order valence-corrected chi connectivity index (χ2v) is 6.31. The van der Waals surface area contributed by atoms with E-state index in [1.807, 2.05) is 13.8 Å². The summed E-state index contributed by atoms with van der Waals surface area (Å²) in [6.45, 7) is 3.73. The lowest BCUT2D eigenvalue weighted by Crippen LogP contribution is -2.04. The number of hydrogen-bond donors (Lipinski definition) is 0. The summed E-state index contributed by atoms with van der Waals surface area (Å²) in [7, 11) is 0. The van der Waals surface area contributed by atoms with Gasteiger partial charge in [-0.15, -0.1) is 11.3 Å². The van der Waals surface area contributed by atoms with E-state index in [4.69, 9.17) is 0 Å². The fraction of sp³-hybridized carbons (Fsp3) is 0.214. The van der Waals surface area contributed by atoms with Gasteiger partial charge in [-0.1, -0.05) is 29.8 Å². The van der Waals surface area contributed by atoms with Gasteiger partial charge in [0.2, 0.25) is 0 Å². The van der Waals surface area contributed by atoms with Crippen LogP contribution in [0.25, 0.3) is 10.4 Å². The first kappa shape index (κ1) is 13.4. The molecule has 0 saturated carbocycles. The summed E-state index contributed by atoms with van der Waals surface area (Å²) < 4.78 is 14.5. The Morgan fingerprint density at radius 1 is 1.28 bits per heavy atom. The Kier molecular flexibility index (Phi) is 3.97. The molecule has 0 bridgehead atoms. The second kappa shape index (κ2) is 5.33. The third kappa shape index (κ3) is 2.70. The number of thiophene rings is 1. The molecule has 0 radical (unpaired) electrons. The number of Topliss-reactive ketones (excluding diaryl/α,β-unsaturated/α-hetero) is 1.